The summed E-state index contributed by atoms with van der Waals surface area (Å²) in [4.78, 5) is 28.3. The zero-order valence-electron chi connectivity index (χ0n) is 6.68. The van der Waals surface area contributed by atoms with Crippen LogP contribution in [0.4, 0.5) is 0 Å². The van der Waals surface area contributed by atoms with Gasteiger partial charge in [0.05, 0.1) is 0 Å². The molecule has 0 bridgehead atoms. The van der Waals surface area contributed by atoms with Crippen molar-refractivity contribution in [3.8, 4) is 0 Å². The average Bonchev–Trinajstić information content (AvgIpc) is 2.19. The highest BCUT2D eigenvalue weighted by atomic mass is 16.1. The van der Waals surface area contributed by atoms with Crippen LogP contribution in [0.2, 0.25) is 0 Å². The minimum Gasteiger partial charge on any atom is -0.381 e. The van der Waals surface area contributed by atoms with Gasteiger partial charge in [0.2, 0.25) is 0 Å². The van der Waals surface area contributed by atoms with Gasteiger partial charge in [-0.3, -0.25) is 14.6 Å². The van der Waals surface area contributed by atoms with Crippen molar-refractivity contribution in [3.63, 3.8) is 0 Å². The van der Waals surface area contributed by atoms with Crippen LogP contribution in [-0.4, -0.2) is 23.0 Å². The molecule has 0 aliphatic rings. The molecule has 1 heterocycles. The van der Waals surface area contributed by atoms with Gasteiger partial charge in [-0.25, -0.2) is 0 Å². The quantitative estimate of drug-likeness (QED) is 0.384. The highest BCUT2D eigenvalue weighted by Gasteiger charge is 2.02. The van der Waals surface area contributed by atoms with E-state index < -0.39 is 5.91 Å². The number of carbonyl (C=O) groups is 2. The molecule has 0 atom stereocenters. The van der Waals surface area contributed by atoms with Crippen LogP contribution in [0.3, 0.4) is 0 Å². The molecule has 0 radical (unpaired) electrons. The molecular weight excluding hydrogens is 170 g/mol. The lowest BCUT2D eigenvalue weighted by Gasteiger charge is -1.92. The number of nitrogens with two attached hydrogens (primary N) is 1. The zero-order chi connectivity index (χ0) is 9.68. The highest BCUT2D eigenvalue weighted by Crippen LogP contribution is 1.97. The van der Waals surface area contributed by atoms with E-state index in [4.69, 9.17) is 5.73 Å². The van der Waals surface area contributed by atoms with Crippen molar-refractivity contribution in [2.75, 3.05) is 0 Å². The molecule has 1 rings (SSSR count). The molecule has 0 aromatic carbocycles. The monoisotopic (exact) mass is 177 g/mol. The third-order valence-electron chi connectivity index (χ3n) is 1.28. The Kier molecular flexibility index (Phi) is 2.86. The predicted molar refractivity (Wildman–Crippen MR) is 46.3 cm³/mol. The van der Waals surface area contributed by atoms with Crippen LogP contribution >= 0.6 is 0 Å². The van der Waals surface area contributed by atoms with Crippen molar-refractivity contribution in [2.24, 2.45) is 10.7 Å². The Morgan fingerprint density at radius 2 is 2.08 bits per heavy atom. The van der Waals surface area contributed by atoms with Gasteiger partial charge in [0.15, 0.2) is 12.1 Å². The first kappa shape index (κ1) is 9.05. The summed E-state index contributed by atoms with van der Waals surface area (Å²) >= 11 is 0. The Balaban J connectivity index is 2.87. The maximum atomic E-state index is 11.2. The fraction of sp³-hybridized carbons (Fsp3) is 0. The number of aldehydes is 1. The maximum Gasteiger partial charge on any atom is 0.279 e. The van der Waals surface area contributed by atoms with Crippen LogP contribution in [0.5, 0.6) is 0 Å². The summed E-state index contributed by atoms with van der Waals surface area (Å²) in [5.74, 6) is -0.881. The van der Waals surface area contributed by atoms with Gasteiger partial charge in [0, 0.05) is 18.0 Å². The molecule has 0 aliphatic carbocycles. The van der Waals surface area contributed by atoms with Crippen molar-refractivity contribution in [2.45, 2.75) is 0 Å². The van der Waals surface area contributed by atoms with E-state index in [1.165, 1.54) is 24.5 Å². The summed E-state index contributed by atoms with van der Waals surface area (Å²) in [5.41, 5.74) is 5.40. The molecule has 1 aromatic heterocycles. The standard InChI is InChI=1S/C8H7N3O2/c9-7(5-12)11-8(13)6-1-3-10-4-2-6/h1-5H,(H2,9,11,13). The van der Waals surface area contributed by atoms with Gasteiger partial charge >= 0.3 is 0 Å². The van der Waals surface area contributed by atoms with E-state index in [1.54, 1.807) is 0 Å². The number of aromatic nitrogens is 1. The second-order valence-corrected chi connectivity index (χ2v) is 2.20. The van der Waals surface area contributed by atoms with Crippen molar-refractivity contribution in [1.29, 1.82) is 0 Å². The second kappa shape index (κ2) is 4.10. The Labute approximate surface area is 74.3 Å². The number of aliphatic imine (C=N–C) groups is 1. The predicted octanol–water partition coefficient (Wildman–Crippen LogP) is -0.222. The van der Waals surface area contributed by atoms with Gasteiger partial charge in [-0.05, 0) is 12.1 Å². The lowest BCUT2D eigenvalue weighted by Crippen LogP contribution is -2.15. The molecule has 66 valence electrons. The zero-order valence-corrected chi connectivity index (χ0v) is 6.68. The normalized spacial score (nSPS) is 10.9. The van der Waals surface area contributed by atoms with Crippen molar-refractivity contribution < 1.29 is 9.59 Å². The smallest absolute Gasteiger partial charge is 0.279 e. The first-order chi connectivity index (χ1) is 6.24. The number of nitrogens with zero attached hydrogens (tertiary/aromatic N) is 2. The van der Waals surface area contributed by atoms with Gasteiger partial charge < -0.3 is 5.73 Å². The third kappa shape index (κ3) is 2.48. The SMILES string of the molecule is NC(C=O)=NC(=O)c1ccncc1. The number of carbonyl (C=O) groups excluding carboxylic acids is 2. The Bertz CT molecular complexity index is 346. The largest absolute Gasteiger partial charge is 0.381 e. The van der Waals surface area contributed by atoms with Gasteiger partial charge in [-0.15, -0.1) is 0 Å². The maximum absolute atomic E-state index is 11.2. The fourth-order valence-corrected chi connectivity index (χ4v) is 0.703. The molecule has 0 saturated carbocycles. The summed E-state index contributed by atoms with van der Waals surface area (Å²) < 4.78 is 0. The summed E-state index contributed by atoms with van der Waals surface area (Å²) in [6, 6.07) is 2.98. The summed E-state index contributed by atoms with van der Waals surface area (Å²) in [7, 11) is 0. The minimum atomic E-state index is -0.549. The van der Waals surface area contributed by atoms with Crippen LogP contribution in [0, 0.1) is 0 Å². The number of amidine groups is 1. The molecule has 1 aromatic rings. The lowest BCUT2D eigenvalue weighted by atomic mass is 10.2. The topological polar surface area (TPSA) is 85.4 Å². The van der Waals surface area contributed by atoms with E-state index in [0.717, 1.165) is 0 Å². The van der Waals surface area contributed by atoms with Crippen molar-refractivity contribution >= 4 is 18.0 Å². The number of hydrogen-bond donors (Lipinski definition) is 1. The minimum absolute atomic E-state index is 0.319. The molecule has 1 amide bonds. The Morgan fingerprint density at radius 1 is 1.46 bits per heavy atom. The number of rotatable bonds is 2. The van der Waals surface area contributed by atoms with Crippen LogP contribution in [0.15, 0.2) is 29.5 Å². The number of pyridine rings is 1. The molecule has 2 N–H and O–H groups in total. The van der Waals surface area contributed by atoms with E-state index in [2.05, 4.69) is 9.98 Å². The molecule has 0 saturated heterocycles. The molecule has 0 aliphatic heterocycles. The molecule has 13 heavy (non-hydrogen) atoms. The van der Waals surface area contributed by atoms with E-state index in [-0.39, 0.29) is 5.84 Å². The number of amides is 1. The molecule has 0 spiro atoms. The van der Waals surface area contributed by atoms with Crippen LogP contribution in [0.25, 0.3) is 0 Å². The third-order valence-corrected chi connectivity index (χ3v) is 1.28. The first-order valence-corrected chi connectivity index (χ1v) is 3.47. The molecule has 5 nitrogen and oxygen atoms in total. The van der Waals surface area contributed by atoms with E-state index in [9.17, 15) is 9.59 Å². The van der Waals surface area contributed by atoms with Crippen LogP contribution in [0.1, 0.15) is 10.4 Å². The molecule has 0 unspecified atom stereocenters. The number of hydrogen-bond acceptors (Lipinski definition) is 3. The Hall–Kier alpha value is -2.04. The molecule has 0 fully saturated rings. The lowest BCUT2D eigenvalue weighted by molar-refractivity contribution is -0.102. The van der Waals surface area contributed by atoms with E-state index in [0.29, 0.717) is 11.8 Å². The van der Waals surface area contributed by atoms with Crippen molar-refractivity contribution in [1.82, 2.24) is 4.98 Å². The summed E-state index contributed by atoms with van der Waals surface area (Å²) in [6.07, 6.45) is 3.23. The van der Waals surface area contributed by atoms with Gasteiger partial charge in [-0.2, -0.15) is 4.99 Å². The fourth-order valence-electron chi connectivity index (χ4n) is 0.703. The molecule has 5 heteroatoms. The Morgan fingerprint density at radius 3 is 2.62 bits per heavy atom. The van der Waals surface area contributed by atoms with Crippen molar-refractivity contribution in [3.05, 3.63) is 30.1 Å². The highest BCUT2D eigenvalue weighted by molar-refractivity contribution is 6.29. The van der Waals surface area contributed by atoms with Crippen LogP contribution < -0.4 is 5.73 Å². The summed E-state index contributed by atoms with van der Waals surface area (Å²) in [6.45, 7) is 0. The van der Waals surface area contributed by atoms with Crippen LogP contribution in [-0.2, 0) is 4.79 Å². The molecular formula is C8H7N3O2. The van der Waals surface area contributed by atoms with Gasteiger partial charge in [0.25, 0.3) is 5.91 Å². The summed E-state index contributed by atoms with van der Waals surface area (Å²) in [5, 5.41) is 0. The van der Waals surface area contributed by atoms with Gasteiger partial charge in [-0.1, -0.05) is 0 Å². The van der Waals surface area contributed by atoms with E-state index in [1.807, 2.05) is 0 Å². The van der Waals surface area contributed by atoms with Gasteiger partial charge in [0.1, 0.15) is 0 Å². The van der Waals surface area contributed by atoms with E-state index >= 15 is 0 Å². The first-order valence-electron chi connectivity index (χ1n) is 3.47. The second-order valence-electron chi connectivity index (χ2n) is 2.20. The average molecular weight is 177 g/mol.